The molecule has 0 aromatic carbocycles. The molecule has 1 unspecified atom stereocenters. The number of phosphoric ester groups is 1. The molecule has 0 saturated carbocycles. The summed E-state index contributed by atoms with van der Waals surface area (Å²) in [5.74, 6) is -0.777. The number of hydrogen-bond acceptors (Lipinski definition) is 7. The van der Waals surface area contributed by atoms with Gasteiger partial charge in [-0.3, -0.25) is 18.6 Å². The van der Waals surface area contributed by atoms with E-state index in [0.717, 1.165) is 44.9 Å². The van der Waals surface area contributed by atoms with Crippen LogP contribution in [0.1, 0.15) is 213 Å². The van der Waals surface area contributed by atoms with Crippen molar-refractivity contribution in [3.63, 3.8) is 0 Å². The molecule has 0 saturated heterocycles. The molecule has 0 bridgehead atoms. The molecule has 0 radical (unpaired) electrons. The van der Waals surface area contributed by atoms with Crippen LogP contribution >= 0.6 is 7.82 Å². The molecule has 1 N–H and O–H groups in total. The fourth-order valence-corrected chi connectivity index (χ4v) is 6.52. The predicted octanol–water partition coefficient (Wildman–Crippen LogP) is 12.3. The zero-order valence-electron chi connectivity index (χ0n) is 31.7. The molecule has 0 aliphatic heterocycles. The number of rotatable bonds is 38. The Bertz CT molecular complexity index is 762. The lowest BCUT2D eigenvalue weighted by molar-refractivity contribution is -0.161. The number of ether oxygens (including phenoxy) is 2. The first kappa shape index (κ1) is 47.0. The molecule has 286 valence electrons. The highest BCUT2D eigenvalue weighted by Crippen LogP contribution is 2.43. The van der Waals surface area contributed by atoms with Gasteiger partial charge in [0.05, 0.1) is 13.2 Å². The van der Waals surface area contributed by atoms with Crippen molar-refractivity contribution in [3.05, 3.63) is 0 Å². The van der Waals surface area contributed by atoms with Gasteiger partial charge in [0.1, 0.15) is 6.61 Å². The second kappa shape index (κ2) is 35.9. The summed E-state index contributed by atoms with van der Waals surface area (Å²) in [7, 11) is -4.29. The highest BCUT2D eigenvalue weighted by Gasteiger charge is 2.26. The van der Waals surface area contributed by atoms with Crippen molar-refractivity contribution in [1.82, 2.24) is 0 Å². The van der Waals surface area contributed by atoms with E-state index in [1.165, 1.54) is 128 Å². The minimum absolute atomic E-state index is 0.0991. The molecule has 0 amide bonds. The standard InChI is InChI=1S/C39H77O8P/c1-4-7-10-12-14-16-18-20-22-24-26-28-30-32-38(40)44-35-37(36-46-48(42,43)45-34-9-6-3)47-39(41)33-31-29-27-25-23-21-19-17-15-13-11-8-5-2/h37H,4-36H2,1-3H3,(H,42,43)/t37-/m1/s1. The van der Waals surface area contributed by atoms with E-state index >= 15 is 0 Å². The second-order valence-corrected chi connectivity index (χ2v) is 15.2. The molecule has 0 aromatic rings. The van der Waals surface area contributed by atoms with Crippen LogP contribution < -0.4 is 0 Å². The molecular formula is C39H77O8P. The van der Waals surface area contributed by atoms with Gasteiger partial charge in [-0.05, 0) is 19.3 Å². The Hall–Kier alpha value is -0.950. The highest BCUT2D eigenvalue weighted by atomic mass is 31.2. The molecular weight excluding hydrogens is 627 g/mol. The minimum atomic E-state index is -4.29. The minimum Gasteiger partial charge on any atom is -0.462 e. The van der Waals surface area contributed by atoms with E-state index in [2.05, 4.69) is 13.8 Å². The van der Waals surface area contributed by atoms with Gasteiger partial charge in [0.15, 0.2) is 6.10 Å². The maximum Gasteiger partial charge on any atom is 0.472 e. The van der Waals surface area contributed by atoms with Gasteiger partial charge in [-0.2, -0.15) is 0 Å². The molecule has 0 aliphatic rings. The SMILES string of the molecule is CCCCCCCCCCCCCCCC(=O)OC[C@H](COP(=O)(O)OCCCC)OC(=O)CCCCCCCCCCCCCCC. The molecule has 48 heavy (non-hydrogen) atoms. The van der Waals surface area contributed by atoms with Crippen molar-refractivity contribution >= 4 is 19.8 Å². The van der Waals surface area contributed by atoms with Crippen LogP contribution in [0.2, 0.25) is 0 Å². The monoisotopic (exact) mass is 705 g/mol. The third-order valence-electron chi connectivity index (χ3n) is 8.87. The van der Waals surface area contributed by atoms with Crippen LogP contribution in [-0.4, -0.2) is 42.8 Å². The maximum absolute atomic E-state index is 12.6. The van der Waals surface area contributed by atoms with Crippen LogP contribution in [0, 0.1) is 0 Å². The Labute approximate surface area is 296 Å². The molecule has 9 heteroatoms. The van der Waals surface area contributed by atoms with Crippen molar-refractivity contribution in [1.29, 1.82) is 0 Å². The Kier molecular flexibility index (Phi) is 35.2. The van der Waals surface area contributed by atoms with Crippen molar-refractivity contribution in [2.45, 2.75) is 219 Å². The largest absolute Gasteiger partial charge is 0.472 e. The molecule has 8 nitrogen and oxygen atoms in total. The topological polar surface area (TPSA) is 108 Å². The van der Waals surface area contributed by atoms with Crippen LogP contribution in [0.4, 0.5) is 0 Å². The second-order valence-electron chi connectivity index (χ2n) is 13.7. The fourth-order valence-electron chi connectivity index (χ4n) is 5.73. The summed E-state index contributed by atoms with van der Waals surface area (Å²) in [5, 5.41) is 0. The quantitative estimate of drug-likeness (QED) is 0.0384. The summed E-state index contributed by atoms with van der Waals surface area (Å²) in [6.07, 6.45) is 32.9. The number of carbonyl (C=O) groups is 2. The Morgan fingerprint density at radius 3 is 1.23 bits per heavy atom. The zero-order chi connectivity index (χ0) is 35.4. The van der Waals surface area contributed by atoms with Gasteiger partial charge in [-0.25, -0.2) is 4.57 Å². The summed E-state index contributed by atoms with van der Waals surface area (Å²) in [6.45, 7) is 5.96. The van der Waals surface area contributed by atoms with E-state index in [1.807, 2.05) is 6.92 Å². The zero-order valence-corrected chi connectivity index (χ0v) is 32.6. The molecule has 0 spiro atoms. The third kappa shape index (κ3) is 34.9. The van der Waals surface area contributed by atoms with Crippen LogP contribution in [0.5, 0.6) is 0 Å². The summed E-state index contributed by atoms with van der Waals surface area (Å²) >= 11 is 0. The molecule has 2 atom stereocenters. The summed E-state index contributed by atoms with van der Waals surface area (Å²) < 4.78 is 33.2. The number of phosphoric acid groups is 1. The van der Waals surface area contributed by atoms with Crippen molar-refractivity contribution < 1.29 is 37.6 Å². The van der Waals surface area contributed by atoms with Crippen LogP contribution in [0.25, 0.3) is 0 Å². The Balaban J connectivity index is 4.24. The number of hydrogen-bond donors (Lipinski definition) is 1. The fraction of sp³-hybridized carbons (Fsp3) is 0.949. The number of unbranched alkanes of at least 4 members (excludes halogenated alkanes) is 25. The average molecular weight is 705 g/mol. The van der Waals surface area contributed by atoms with Gasteiger partial charge in [-0.1, -0.05) is 181 Å². The number of carbonyl (C=O) groups excluding carboxylic acids is 2. The molecule has 0 aliphatic carbocycles. The summed E-state index contributed by atoms with van der Waals surface area (Å²) in [4.78, 5) is 34.9. The average Bonchev–Trinajstić information content (AvgIpc) is 3.06. The predicted molar refractivity (Wildman–Crippen MR) is 198 cm³/mol. The lowest BCUT2D eigenvalue weighted by Crippen LogP contribution is -2.29. The van der Waals surface area contributed by atoms with Crippen molar-refractivity contribution in [3.8, 4) is 0 Å². The van der Waals surface area contributed by atoms with Gasteiger partial charge >= 0.3 is 19.8 Å². The van der Waals surface area contributed by atoms with Gasteiger partial charge in [0, 0.05) is 12.8 Å². The van der Waals surface area contributed by atoms with Crippen molar-refractivity contribution in [2.24, 2.45) is 0 Å². The van der Waals surface area contributed by atoms with E-state index in [0.29, 0.717) is 12.8 Å². The normalized spacial score (nSPS) is 13.3. The Morgan fingerprint density at radius 2 is 0.833 bits per heavy atom. The van der Waals surface area contributed by atoms with E-state index in [4.69, 9.17) is 18.5 Å². The van der Waals surface area contributed by atoms with Gasteiger partial charge < -0.3 is 14.4 Å². The first-order valence-electron chi connectivity index (χ1n) is 20.3. The van der Waals surface area contributed by atoms with E-state index in [9.17, 15) is 19.0 Å². The van der Waals surface area contributed by atoms with Gasteiger partial charge in [0.2, 0.25) is 0 Å². The first-order valence-corrected chi connectivity index (χ1v) is 21.8. The molecule has 0 heterocycles. The Morgan fingerprint density at radius 1 is 0.479 bits per heavy atom. The van der Waals surface area contributed by atoms with E-state index in [1.54, 1.807) is 0 Å². The van der Waals surface area contributed by atoms with E-state index in [-0.39, 0.29) is 32.2 Å². The van der Waals surface area contributed by atoms with Gasteiger partial charge in [0.25, 0.3) is 0 Å². The highest BCUT2D eigenvalue weighted by molar-refractivity contribution is 7.47. The van der Waals surface area contributed by atoms with Crippen LogP contribution in [0.3, 0.4) is 0 Å². The van der Waals surface area contributed by atoms with Crippen LogP contribution in [-0.2, 0) is 32.7 Å². The molecule has 0 aromatic heterocycles. The lowest BCUT2D eigenvalue weighted by atomic mass is 10.0. The number of esters is 2. The summed E-state index contributed by atoms with van der Waals surface area (Å²) in [6, 6.07) is 0. The smallest absolute Gasteiger partial charge is 0.462 e. The maximum atomic E-state index is 12.6. The van der Waals surface area contributed by atoms with Crippen molar-refractivity contribution in [2.75, 3.05) is 19.8 Å². The summed E-state index contributed by atoms with van der Waals surface area (Å²) in [5.41, 5.74) is 0. The molecule has 0 fully saturated rings. The van der Waals surface area contributed by atoms with Gasteiger partial charge in [-0.15, -0.1) is 0 Å². The van der Waals surface area contributed by atoms with Crippen LogP contribution in [0.15, 0.2) is 0 Å². The van der Waals surface area contributed by atoms with E-state index < -0.39 is 19.9 Å². The molecule has 0 rings (SSSR count). The third-order valence-corrected chi connectivity index (χ3v) is 9.86. The lowest BCUT2D eigenvalue weighted by Gasteiger charge is -2.20. The first-order chi connectivity index (χ1) is 23.3.